The quantitative estimate of drug-likeness (QED) is 0.803. The van der Waals surface area contributed by atoms with E-state index in [1.54, 1.807) is 0 Å². The molecule has 0 aliphatic carbocycles. The van der Waals surface area contributed by atoms with E-state index in [-0.39, 0.29) is 0 Å². The van der Waals surface area contributed by atoms with Crippen molar-refractivity contribution in [3.63, 3.8) is 0 Å². The summed E-state index contributed by atoms with van der Waals surface area (Å²) in [6.45, 7) is 6.72. The molecular formula is C18H23N. The molecule has 1 heteroatoms. The second-order valence-electron chi connectivity index (χ2n) is 5.48. The van der Waals surface area contributed by atoms with Gasteiger partial charge >= 0.3 is 0 Å². The fraction of sp³-hybridized carbons (Fsp3) is 0.333. The predicted octanol–water partition coefficient (Wildman–Crippen LogP) is 4.85. The molecule has 0 heterocycles. The first kappa shape index (κ1) is 13.7. The van der Waals surface area contributed by atoms with Gasteiger partial charge in [-0.3, -0.25) is 0 Å². The standard InChI is InChI=1S/C18H23N/c1-14(2)17-11-7-8-12-18(17)19-15(3)13-16-9-5-4-6-10-16/h4-12,14-15,19H,13H2,1-3H3. The van der Waals surface area contributed by atoms with Crippen molar-refractivity contribution in [1.29, 1.82) is 0 Å². The van der Waals surface area contributed by atoms with E-state index < -0.39 is 0 Å². The molecule has 0 saturated carbocycles. The van der Waals surface area contributed by atoms with Gasteiger partial charge in [-0.1, -0.05) is 62.4 Å². The summed E-state index contributed by atoms with van der Waals surface area (Å²) in [4.78, 5) is 0. The van der Waals surface area contributed by atoms with E-state index in [2.05, 4.69) is 80.7 Å². The SMILES string of the molecule is CC(Cc1ccccc1)Nc1ccccc1C(C)C. The molecule has 0 aliphatic rings. The second kappa shape index (κ2) is 6.42. The molecule has 2 aromatic carbocycles. The number of para-hydroxylation sites is 1. The minimum atomic E-state index is 0.433. The molecule has 1 atom stereocenters. The highest BCUT2D eigenvalue weighted by Crippen LogP contribution is 2.24. The van der Waals surface area contributed by atoms with Gasteiger partial charge in [-0.2, -0.15) is 0 Å². The molecule has 0 bridgehead atoms. The van der Waals surface area contributed by atoms with Gasteiger partial charge in [-0.15, -0.1) is 0 Å². The number of anilines is 1. The van der Waals surface area contributed by atoms with Crippen LogP contribution in [0.25, 0.3) is 0 Å². The summed E-state index contributed by atoms with van der Waals surface area (Å²) in [5, 5.41) is 3.64. The van der Waals surface area contributed by atoms with Crippen molar-refractivity contribution in [3.05, 3.63) is 65.7 Å². The molecule has 2 rings (SSSR count). The molecule has 1 nitrogen and oxygen atoms in total. The Morgan fingerprint density at radius 3 is 2.16 bits per heavy atom. The van der Waals surface area contributed by atoms with Gasteiger partial charge < -0.3 is 5.32 Å². The Hall–Kier alpha value is -1.76. The first-order valence-electron chi connectivity index (χ1n) is 7.06. The molecule has 2 aromatic rings. The van der Waals surface area contributed by atoms with Crippen LogP contribution in [-0.2, 0) is 6.42 Å². The highest BCUT2D eigenvalue weighted by atomic mass is 14.9. The van der Waals surface area contributed by atoms with Crippen molar-refractivity contribution in [2.45, 2.75) is 39.2 Å². The Morgan fingerprint density at radius 2 is 1.47 bits per heavy atom. The Labute approximate surface area is 116 Å². The summed E-state index contributed by atoms with van der Waals surface area (Å²) in [5.74, 6) is 0.549. The van der Waals surface area contributed by atoms with Gasteiger partial charge in [-0.05, 0) is 36.5 Å². The highest BCUT2D eigenvalue weighted by molar-refractivity contribution is 5.53. The van der Waals surface area contributed by atoms with Crippen LogP contribution >= 0.6 is 0 Å². The van der Waals surface area contributed by atoms with Crippen LogP contribution in [0, 0.1) is 0 Å². The maximum absolute atomic E-state index is 3.64. The zero-order valence-corrected chi connectivity index (χ0v) is 12.1. The molecule has 19 heavy (non-hydrogen) atoms. The van der Waals surface area contributed by atoms with Gasteiger partial charge in [0.15, 0.2) is 0 Å². The second-order valence-corrected chi connectivity index (χ2v) is 5.48. The normalized spacial score (nSPS) is 12.4. The smallest absolute Gasteiger partial charge is 0.0377 e. The Bertz CT molecular complexity index is 502. The molecule has 1 N–H and O–H groups in total. The maximum Gasteiger partial charge on any atom is 0.0377 e. The molecule has 1 unspecified atom stereocenters. The van der Waals surface area contributed by atoms with E-state index in [1.165, 1.54) is 16.8 Å². The number of benzene rings is 2. The van der Waals surface area contributed by atoms with Crippen molar-refractivity contribution in [2.24, 2.45) is 0 Å². The third-order valence-corrected chi connectivity index (χ3v) is 3.37. The van der Waals surface area contributed by atoms with Gasteiger partial charge in [0.1, 0.15) is 0 Å². The minimum absolute atomic E-state index is 0.433. The van der Waals surface area contributed by atoms with Gasteiger partial charge in [0.25, 0.3) is 0 Å². The lowest BCUT2D eigenvalue weighted by Crippen LogP contribution is -2.19. The first-order chi connectivity index (χ1) is 9.16. The van der Waals surface area contributed by atoms with Gasteiger partial charge in [-0.25, -0.2) is 0 Å². The number of hydrogen-bond acceptors (Lipinski definition) is 1. The van der Waals surface area contributed by atoms with Crippen LogP contribution in [0.1, 0.15) is 37.8 Å². The largest absolute Gasteiger partial charge is 0.382 e. The van der Waals surface area contributed by atoms with E-state index in [4.69, 9.17) is 0 Å². The Kier molecular flexibility index (Phi) is 4.62. The average molecular weight is 253 g/mol. The molecule has 0 radical (unpaired) electrons. The van der Waals surface area contributed by atoms with Crippen LogP contribution in [0.15, 0.2) is 54.6 Å². The molecule has 0 spiro atoms. The summed E-state index contributed by atoms with van der Waals surface area (Å²) >= 11 is 0. The van der Waals surface area contributed by atoms with Gasteiger partial charge in [0, 0.05) is 11.7 Å². The van der Waals surface area contributed by atoms with Crippen molar-refractivity contribution >= 4 is 5.69 Å². The Morgan fingerprint density at radius 1 is 0.842 bits per heavy atom. The fourth-order valence-electron chi connectivity index (χ4n) is 2.42. The van der Waals surface area contributed by atoms with Crippen LogP contribution in [0.2, 0.25) is 0 Å². The lowest BCUT2D eigenvalue weighted by atomic mass is 10.00. The van der Waals surface area contributed by atoms with Crippen LogP contribution in [0.5, 0.6) is 0 Å². The summed E-state index contributed by atoms with van der Waals surface area (Å²) in [6.07, 6.45) is 1.05. The maximum atomic E-state index is 3.64. The lowest BCUT2D eigenvalue weighted by Gasteiger charge is -2.19. The summed E-state index contributed by atoms with van der Waals surface area (Å²) in [7, 11) is 0. The number of nitrogens with one attached hydrogen (secondary N) is 1. The monoisotopic (exact) mass is 253 g/mol. The molecule has 0 aliphatic heterocycles. The van der Waals surface area contributed by atoms with Crippen LogP contribution < -0.4 is 5.32 Å². The predicted molar refractivity (Wildman–Crippen MR) is 83.8 cm³/mol. The number of hydrogen-bond donors (Lipinski definition) is 1. The molecular weight excluding hydrogens is 230 g/mol. The fourth-order valence-corrected chi connectivity index (χ4v) is 2.42. The zero-order valence-electron chi connectivity index (χ0n) is 12.1. The van der Waals surface area contributed by atoms with E-state index in [0.717, 1.165) is 6.42 Å². The van der Waals surface area contributed by atoms with Crippen molar-refractivity contribution in [1.82, 2.24) is 0 Å². The average Bonchev–Trinajstić information content (AvgIpc) is 2.40. The first-order valence-corrected chi connectivity index (χ1v) is 7.06. The van der Waals surface area contributed by atoms with E-state index in [1.807, 2.05) is 0 Å². The summed E-state index contributed by atoms with van der Waals surface area (Å²) in [6, 6.07) is 19.7. The van der Waals surface area contributed by atoms with Gasteiger partial charge in [0.05, 0.1) is 0 Å². The molecule has 0 amide bonds. The van der Waals surface area contributed by atoms with Gasteiger partial charge in [0.2, 0.25) is 0 Å². The summed E-state index contributed by atoms with van der Waals surface area (Å²) < 4.78 is 0. The highest BCUT2D eigenvalue weighted by Gasteiger charge is 2.08. The topological polar surface area (TPSA) is 12.0 Å². The molecule has 100 valence electrons. The van der Waals surface area contributed by atoms with E-state index in [9.17, 15) is 0 Å². The Balaban J connectivity index is 2.05. The van der Waals surface area contributed by atoms with E-state index >= 15 is 0 Å². The van der Waals surface area contributed by atoms with E-state index in [0.29, 0.717) is 12.0 Å². The molecule has 0 aromatic heterocycles. The minimum Gasteiger partial charge on any atom is -0.382 e. The van der Waals surface area contributed by atoms with Crippen molar-refractivity contribution in [2.75, 3.05) is 5.32 Å². The lowest BCUT2D eigenvalue weighted by molar-refractivity contribution is 0.781. The van der Waals surface area contributed by atoms with Crippen LogP contribution in [0.4, 0.5) is 5.69 Å². The number of rotatable bonds is 5. The summed E-state index contributed by atoms with van der Waals surface area (Å²) in [5.41, 5.74) is 4.04. The van der Waals surface area contributed by atoms with Crippen molar-refractivity contribution in [3.8, 4) is 0 Å². The van der Waals surface area contributed by atoms with Crippen molar-refractivity contribution < 1.29 is 0 Å². The zero-order chi connectivity index (χ0) is 13.7. The third kappa shape index (κ3) is 3.85. The molecule has 0 fully saturated rings. The van der Waals surface area contributed by atoms with Crippen LogP contribution in [-0.4, -0.2) is 6.04 Å². The molecule has 0 saturated heterocycles. The third-order valence-electron chi connectivity index (χ3n) is 3.37. The van der Waals surface area contributed by atoms with Crippen LogP contribution in [0.3, 0.4) is 0 Å².